The minimum absolute atomic E-state index is 0.0942. The molecular weight excluding hydrogens is 314 g/mol. The molecule has 1 aliphatic rings. The zero-order valence-corrected chi connectivity index (χ0v) is 17.9. The SMILES string of the molecule is C=CC=C1C(=C)C(C)=[N+](C(C)=CCC(C=CC)CC)C(CC)(CC)C1=C. The largest absolute Gasteiger partial charge is 0.193 e. The van der Waals surface area contributed by atoms with Crippen molar-refractivity contribution in [1.82, 2.24) is 0 Å². The van der Waals surface area contributed by atoms with Crippen LogP contribution >= 0.6 is 0 Å². The standard InChI is InChI=1S/C25H38N/c1-10-15-23(12-3)18-17-19(6)26-22(9)20(7)24(16-11-2)21(8)25(26,13-4)14-5/h10-11,15-17,23H,2,7-8,12-14,18H2,1,3-6,9H3/q+1. The fourth-order valence-electron chi connectivity index (χ4n) is 4.20. The van der Waals surface area contributed by atoms with E-state index in [2.05, 4.69) is 90.2 Å². The monoisotopic (exact) mass is 352 g/mol. The average Bonchev–Trinajstić information content (AvgIpc) is 2.64. The molecule has 0 amide bonds. The molecule has 1 aliphatic heterocycles. The molecule has 0 aromatic heterocycles. The minimum Gasteiger partial charge on any atom is -0.190 e. The van der Waals surface area contributed by atoms with E-state index in [0.29, 0.717) is 5.92 Å². The van der Waals surface area contributed by atoms with E-state index in [4.69, 9.17) is 0 Å². The second-order valence-corrected chi connectivity index (χ2v) is 7.21. The van der Waals surface area contributed by atoms with Crippen LogP contribution in [0.4, 0.5) is 0 Å². The van der Waals surface area contributed by atoms with E-state index in [1.165, 1.54) is 11.4 Å². The van der Waals surface area contributed by atoms with Gasteiger partial charge in [-0.1, -0.05) is 64.8 Å². The highest BCUT2D eigenvalue weighted by molar-refractivity contribution is 6.01. The normalized spacial score (nSPS) is 21.0. The molecule has 0 N–H and O–H groups in total. The Hall–Kier alpha value is -1.89. The van der Waals surface area contributed by atoms with Gasteiger partial charge in [0.15, 0.2) is 16.9 Å². The van der Waals surface area contributed by atoms with Crippen molar-refractivity contribution in [3.63, 3.8) is 0 Å². The van der Waals surface area contributed by atoms with Crippen LogP contribution in [-0.4, -0.2) is 15.8 Å². The van der Waals surface area contributed by atoms with Gasteiger partial charge in [-0.25, -0.2) is 0 Å². The predicted octanol–water partition coefficient (Wildman–Crippen LogP) is 7.15. The van der Waals surface area contributed by atoms with Crippen LogP contribution in [-0.2, 0) is 0 Å². The van der Waals surface area contributed by atoms with Gasteiger partial charge in [0.25, 0.3) is 0 Å². The van der Waals surface area contributed by atoms with Crippen LogP contribution in [0.3, 0.4) is 0 Å². The molecule has 0 aromatic carbocycles. The van der Waals surface area contributed by atoms with Crippen LogP contribution in [0.5, 0.6) is 0 Å². The fourth-order valence-corrected chi connectivity index (χ4v) is 4.20. The third-order valence-electron chi connectivity index (χ3n) is 5.92. The summed E-state index contributed by atoms with van der Waals surface area (Å²) >= 11 is 0. The lowest BCUT2D eigenvalue weighted by atomic mass is 9.74. The molecule has 0 aromatic rings. The molecule has 1 rings (SSSR count). The summed E-state index contributed by atoms with van der Waals surface area (Å²) in [5.74, 6) is 0.598. The summed E-state index contributed by atoms with van der Waals surface area (Å²) in [6.45, 7) is 26.0. The Balaban J connectivity index is 3.52. The van der Waals surface area contributed by atoms with Gasteiger partial charge in [-0.2, -0.15) is 4.58 Å². The van der Waals surface area contributed by atoms with Gasteiger partial charge < -0.3 is 0 Å². The summed E-state index contributed by atoms with van der Waals surface area (Å²) in [6, 6.07) is 0. The Morgan fingerprint density at radius 3 is 2.27 bits per heavy atom. The van der Waals surface area contributed by atoms with Crippen molar-refractivity contribution in [3.8, 4) is 0 Å². The van der Waals surface area contributed by atoms with Crippen molar-refractivity contribution in [2.24, 2.45) is 5.92 Å². The Morgan fingerprint density at radius 1 is 1.19 bits per heavy atom. The number of rotatable bonds is 8. The Morgan fingerprint density at radius 2 is 1.81 bits per heavy atom. The average molecular weight is 353 g/mol. The van der Waals surface area contributed by atoms with E-state index in [-0.39, 0.29) is 5.54 Å². The molecule has 0 fully saturated rings. The Bertz CT molecular complexity index is 675. The topological polar surface area (TPSA) is 3.01 Å². The van der Waals surface area contributed by atoms with Crippen LogP contribution < -0.4 is 0 Å². The van der Waals surface area contributed by atoms with Crippen molar-refractivity contribution in [2.45, 2.75) is 72.8 Å². The maximum atomic E-state index is 4.50. The first-order valence-electron chi connectivity index (χ1n) is 9.99. The number of hydrogen-bond acceptors (Lipinski definition) is 0. The number of allylic oxidation sites excluding steroid dienone is 7. The zero-order chi connectivity index (χ0) is 19.9. The molecule has 0 spiro atoms. The van der Waals surface area contributed by atoms with E-state index in [1.807, 2.05) is 6.08 Å². The summed E-state index contributed by atoms with van der Waals surface area (Å²) < 4.78 is 2.49. The van der Waals surface area contributed by atoms with Gasteiger partial charge >= 0.3 is 0 Å². The fraction of sp³-hybridized carbons (Fsp3) is 0.480. The van der Waals surface area contributed by atoms with Crippen molar-refractivity contribution >= 4 is 5.71 Å². The minimum atomic E-state index is -0.0942. The first-order chi connectivity index (χ1) is 12.3. The Kier molecular flexibility index (Phi) is 8.27. The molecule has 1 unspecified atom stereocenters. The molecule has 0 aliphatic carbocycles. The molecule has 1 atom stereocenters. The molecule has 0 saturated carbocycles. The summed E-state index contributed by atoms with van der Waals surface area (Å²) in [7, 11) is 0. The van der Waals surface area contributed by atoms with E-state index >= 15 is 0 Å². The van der Waals surface area contributed by atoms with Crippen LogP contribution in [0, 0.1) is 5.92 Å². The Labute approximate surface area is 161 Å². The van der Waals surface area contributed by atoms with Crippen molar-refractivity contribution in [3.05, 3.63) is 72.5 Å². The van der Waals surface area contributed by atoms with E-state index in [9.17, 15) is 0 Å². The maximum absolute atomic E-state index is 4.50. The summed E-state index contributed by atoms with van der Waals surface area (Å²) in [6.07, 6.45) is 15.0. The van der Waals surface area contributed by atoms with Gasteiger partial charge in [0.1, 0.15) is 0 Å². The van der Waals surface area contributed by atoms with Crippen LogP contribution in [0.15, 0.2) is 72.5 Å². The van der Waals surface area contributed by atoms with Gasteiger partial charge in [-0.3, -0.25) is 0 Å². The molecule has 1 nitrogen and oxygen atoms in total. The van der Waals surface area contributed by atoms with Crippen LogP contribution in [0.1, 0.15) is 67.2 Å². The lowest BCUT2D eigenvalue weighted by Gasteiger charge is -2.37. The van der Waals surface area contributed by atoms with Gasteiger partial charge in [-0.15, -0.1) is 0 Å². The predicted molar refractivity (Wildman–Crippen MR) is 118 cm³/mol. The zero-order valence-electron chi connectivity index (χ0n) is 17.9. The first kappa shape index (κ1) is 22.2. The highest BCUT2D eigenvalue weighted by Crippen LogP contribution is 2.41. The van der Waals surface area contributed by atoms with Crippen molar-refractivity contribution in [2.75, 3.05) is 0 Å². The summed E-state index contributed by atoms with van der Waals surface area (Å²) in [5.41, 5.74) is 5.79. The molecule has 0 saturated heterocycles. The third kappa shape index (κ3) is 4.09. The smallest absolute Gasteiger partial charge is 0.190 e. The second-order valence-electron chi connectivity index (χ2n) is 7.21. The molecule has 1 heteroatoms. The third-order valence-corrected chi connectivity index (χ3v) is 5.92. The van der Waals surface area contributed by atoms with E-state index in [1.54, 1.807) is 0 Å². The van der Waals surface area contributed by atoms with Gasteiger partial charge in [0.05, 0.1) is 0 Å². The van der Waals surface area contributed by atoms with E-state index < -0.39 is 0 Å². The molecule has 0 radical (unpaired) electrons. The van der Waals surface area contributed by atoms with Gasteiger partial charge in [-0.05, 0) is 37.3 Å². The number of hydrogen-bond donors (Lipinski definition) is 0. The molecule has 1 heterocycles. The van der Waals surface area contributed by atoms with Crippen LogP contribution in [0.2, 0.25) is 0 Å². The number of nitrogens with zero attached hydrogens (tertiary/aromatic N) is 1. The first-order valence-corrected chi connectivity index (χ1v) is 9.99. The lowest BCUT2D eigenvalue weighted by molar-refractivity contribution is -0.557. The quantitative estimate of drug-likeness (QED) is 0.322. The second kappa shape index (κ2) is 9.71. The molecule has 0 bridgehead atoms. The highest BCUT2D eigenvalue weighted by atomic mass is 15.1. The highest BCUT2D eigenvalue weighted by Gasteiger charge is 2.48. The van der Waals surface area contributed by atoms with Crippen molar-refractivity contribution in [1.29, 1.82) is 0 Å². The van der Waals surface area contributed by atoms with Crippen LogP contribution in [0.25, 0.3) is 0 Å². The van der Waals surface area contributed by atoms with Gasteiger partial charge in [0.2, 0.25) is 0 Å². The van der Waals surface area contributed by atoms with E-state index in [0.717, 1.165) is 42.4 Å². The molecule has 142 valence electrons. The van der Waals surface area contributed by atoms with Crippen molar-refractivity contribution < 1.29 is 4.58 Å². The maximum Gasteiger partial charge on any atom is 0.193 e. The summed E-state index contributed by atoms with van der Waals surface area (Å²) in [4.78, 5) is 0. The lowest BCUT2D eigenvalue weighted by Crippen LogP contribution is -2.49. The summed E-state index contributed by atoms with van der Waals surface area (Å²) in [5, 5.41) is 0. The molecule has 26 heavy (non-hydrogen) atoms. The van der Waals surface area contributed by atoms with Gasteiger partial charge in [0, 0.05) is 37.8 Å². The molecular formula is C25H38N+.